The van der Waals surface area contributed by atoms with Gasteiger partial charge >= 0.3 is 0 Å². The monoisotopic (exact) mass is 242 g/mol. The van der Waals surface area contributed by atoms with E-state index in [4.69, 9.17) is 4.74 Å². The molecule has 1 aromatic carbocycles. The number of anilines is 1. The van der Waals surface area contributed by atoms with E-state index in [1.807, 2.05) is 12.3 Å². The first kappa shape index (κ1) is 11.5. The van der Waals surface area contributed by atoms with Crippen molar-refractivity contribution in [2.75, 3.05) is 18.5 Å². The largest absolute Gasteiger partial charge is 0.379 e. The number of ether oxygens (including phenoxy) is 1. The molecule has 1 atom stereocenters. The second kappa shape index (κ2) is 4.94. The van der Waals surface area contributed by atoms with E-state index in [9.17, 15) is 0 Å². The summed E-state index contributed by atoms with van der Waals surface area (Å²) in [5.41, 5.74) is 3.47. The molecule has 1 N–H and O–H groups in total. The molecule has 94 valence electrons. The molecule has 18 heavy (non-hydrogen) atoms. The van der Waals surface area contributed by atoms with Crippen molar-refractivity contribution in [1.29, 1.82) is 0 Å². The second-order valence-corrected chi connectivity index (χ2v) is 4.89. The SMILES string of the molecule is Cc1ccc(NC2CCCOC2)c2cccnc12. The van der Waals surface area contributed by atoms with E-state index >= 15 is 0 Å². The van der Waals surface area contributed by atoms with Gasteiger partial charge in [-0.2, -0.15) is 0 Å². The lowest BCUT2D eigenvalue weighted by atomic mass is 10.1. The molecule has 1 aliphatic rings. The third-order valence-corrected chi connectivity index (χ3v) is 3.49. The van der Waals surface area contributed by atoms with Crippen molar-refractivity contribution in [2.45, 2.75) is 25.8 Å². The van der Waals surface area contributed by atoms with Gasteiger partial charge in [0, 0.05) is 29.9 Å². The molecule has 0 spiro atoms. The van der Waals surface area contributed by atoms with Crippen LogP contribution >= 0.6 is 0 Å². The zero-order valence-electron chi connectivity index (χ0n) is 10.6. The third kappa shape index (κ3) is 2.18. The van der Waals surface area contributed by atoms with Crippen LogP contribution in [0.5, 0.6) is 0 Å². The van der Waals surface area contributed by atoms with Crippen molar-refractivity contribution in [2.24, 2.45) is 0 Å². The Morgan fingerprint density at radius 3 is 3.11 bits per heavy atom. The maximum atomic E-state index is 5.51. The standard InChI is InChI=1S/C15H18N2O/c1-11-6-7-14(13-5-2-8-16-15(11)13)17-12-4-3-9-18-10-12/h2,5-8,12,17H,3-4,9-10H2,1H3. The average molecular weight is 242 g/mol. The number of hydrogen-bond acceptors (Lipinski definition) is 3. The zero-order valence-corrected chi connectivity index (χ0v) is 10.6. The Bertz CT molecular complexity index is 547. The van der Waals surface area contributed by atoms with Crippen LogP contribution in [-0.4, -0.2) is 24.2 Å². The summed E-state index contributed by atoms with van der Waals surface area (Å²) in [6, 6.07) is 8.81. The molecular formula is C15H18N2O. The van der Waals surface area contributed by atoms with E-state index < -0.39 is 0 Å². The summed E-state index contributed by atoms with van der Waals surface area (Å²) in [4.78, 5) is 4.46. The summed E-state index contributed by atoms with van der Waals surface area (Å²) in [7, 11) is 0. The molecule has 3 nitrogen and oxygen atoms in total. The first-order valence-corrected chi connectivity index (χ1v) is 6.53. The van der Waals surface area contributed by atoms with Crippen LogP contribution in [0.1, 0.15) is 18.4 Å². The molecule has 0 amide bonds. The predicted molar refractivity (Wildman–Crippen MR) is 73.9 cm³/mol. The van der Waals surface area contributed by atoms with Gasteiger partial charge in [-0.15, -0.1) is 0 Å². The highest BCUT2D eigenvalue weighted by Crippen LogP contribution is 2.26. The van der Waals surface area contributed by atoms with Crippen molar-refractivity contribution in [3.8, 4) is 0 Å². The van der Waals surface area contributed by atoms with Gasteiger partial charge in [0.1, 0.15) is 0 Å². The first-order valence-electron chi connectivity index (χ1n) is 6.53. The molecule has 3 heteroatoms. The molecule has 1 unspecified atom stereocenters. The van der Waals surface area contributed by atoms with Crippen LogP contribution in [0.15, 0.2) is 30.5 Å². The van der Waals surface area contributed by atoms with E-state index in [-0.39, 0.29) is 0 Å². The fourth-order valence-electron chi connectivity index (χ4n) is 2.51. The predicted octanol–water partition coefficient (Wildman–Crippen LogP) is 3.13. The van der Waals surface area contributed by atoms with Crippen molar-refractivity contribution >= 4 is 16.6 Å². The highest BCUT2D eigenvalue weighted by molar-refractivity contribution is 5.93. The van der Waals surface area contributed by atoms with E-state index in [0.717, 1.165) is 25.2 Å². The van der Waals surface area contributed by atoms with Crippen molar-refractivity contribution in [3.63, 3.8) is 0 Å². The van der Waals surface area contributed by atoms with Crippen LogP contribution in [0.3, 0.4) is 0 Å². The van der Waals surface area contributed by atoms with Gasteiger partial charge in [-0.05, 0) is 43.5 Å². The van der Waals surface area contributed by atoms with Crippen LogP contribution in [0.25, 0.3) is 10.9 Å². The summed E-state index contributed by atoms with van der Waals surface area (Å²) in [6.07, 6.45) is 4.16. The van der Waals surface area contributed by atoms with Crippen molar-refractivity contribution in [3.05, 3.63) is 36.0 Å². The maximum absolute atomic E-state index is 5.51. The fourth-order valence-corrected chi connectivity index (χ4v) is 2.51. The summed E-state index contributed by atoms with van der Waals surface area (Å²) in [5.74, 6) is 0. The Kier molecular flexibility index (Phi) is 3.15. The molecule has 1 saturated heterocycles. The van der Waals surface area contributed by atoms with Crippen molar-refractivity contribution < 1.29 is 4.74 Å². The molecule has 0 radical (unpaired) electrons. The molecule has 2 heterocycles. The lowest BCUT2D eigenvalue weighted by Gasteiger charge is -2.25. The summed E-state index contributed by atoms with van der Waals surface area (Å²) >= 11 is 0. The van der Waals surface area contributed by atoms with Gasteiger partial charge in [-0.3, -0.25) is 4.98 Å². The van der Waals surface area contributed by atoms with E-state index in [0.29, 0.717) is 6.04 Å². The highest BCUT2D eigenvalue weighted by Gasteiger charge is 2.14. The van der Waals surface area contributed by atoms with Gasteiger partial charge in [-0.1, -0.05) is 6.07 Å². The second-order valence-electron chi connectivity index (χ2n) is 4.89. The Morgan fingerprint density at radius 1 is 1.33 bits per heavy atom. The van der Waals surface area contributed by atoms with Gasteiger partial charge in [0.05, 0.1) is 12.1 Å². The van der Waals surface area contributed by atoms with E-state index in [2.05, 4.69) is 35.4 Å². The first-order chi connectivity index (χ1) is 8.84. The minimum Gasteiger partial charge on any atom is -0.379 e. The van der Waals surface area contributed by atoms with E-state index in [1.165, 1.54) is 23.1 Å². The topological polar surface area (TPSA) is 34.1 Å². The number of hydrogen-bond donors (Lipinski definition) is 1. The number of aryl methyl sites for hydroxylation is 1. The van der Waals surface area contributed by atoms with Crippen LogP contribution in [0, 0.1) is 6.92 Å². The molecule has 1 fully saturated rings. The number of pyridine rings is 1. The van der Waals surface area contributed by atoms with Crippen molar-refractivity contribution in [1.82, 2.24) is 4.98 Å². The highest BCUT2D eigenvalue weighted by atomic mass is 16.5. The lowest BCUT2D eigenvalue weighted by molar-refractivity contribution is 0.0876. The Hall–Kier alpha value is -1.61. The quantitative estimate of drug-likeness (QED) is 0.878. The molecule has 2 aromatic rings. The van der Waals surface area contributed by atoms with Gasteiger partial charge in [0.2, 0.25) is 0 Å². The zero-order chi connectivity index (χ0) is 12.4. The number of nitrogens with one attached hydrogen (secondary N) is 1. The Labute approximate surface area is 107 Å². The number of nitrogens with zero attached hydrogens (tertiary/aromatic N) is 1. The molecule has 1 aliphatic heterocycles. The minimum absolute atomic E-state index is 0.421. The van der Waals surface area contributed by atoms with E-state index in [1.54, 1.807) is 0 Å². The average Bonchev–Trinajstić information content (AvgIpc) is 2.44. The van der Waals surface area contributed by atoms with Crippen LogP contribution in [0.4, 0.5) is 5.69 Å². The summed E-state index contributed by atoms with van der Waals surface area (Å²) in [5, 5.41) is 4.78. The molecular weight excluding hydrogens is 224 g/mol. The molecule has 0 bridgehead atoms. The Morgan fingerprint density at radius 2 is 2.28 bits per heavy atom. The fraction of sp³-hybridized carbons (Fsp3) is 0.400. The summed E-state index contributed by atoms with van der Waals surface area (Å²) in [6.45, 7) is 3.80. The van der Waals surface area contributed by atoms with Gasteiger partial charge in [-0.25, -0.2) is 0 Å². The Balaban J connectivity index is 1.94. The smallest absolute Gasteiger partial charge is 0.0751 e. The van der Waals surface area contributed by atoms with Crippen LogP contribution in [-0.2, 0) is 4.74 Å². The number of rotatable bonds is 2. The minimum atomic E-state index is 0.421. The summed E-state index contributed by atoms with van der Waals surface area (Å²) < 4.78 is 5.51. The number of fused-ring (bicyclic) bond motifs is 1. The van der Waals surface area contributed by atoms with Gasteiger partial charge in [0.25, 0.3) is 0 Å². The normalized spacial score (nSPS) is 19.9. The van der Waals surface area contributed by atoms with Crippen LogP contribution < -0.4 is 5.32 Å². The maximum Gasteiger partial charge on any atom is 0.0751 e. The number of benzene rings is 1. The molecule has 1 aromatic heterocycles. The lowest BCUT2D eigenvalue weighted by Crippen LogP contribution is -2.30. The van der Waals surface area contributed by atoms with Crippen LogP contribution in [0.2, 0.25) is 0 Å². The molecule has 3 rings (SSSR count). The third-order valence-electron chi connectivity index (χ3n) is 3.49. The van der Waals surface area contributed by atoms with Gasteiger partial charge in [0.15, 0.2) is 0 Å². The molecule has 0 aliphatic carbocycles. The number of aromatic nitrogens is 1. The van der Waals surface area contributed by atoms with Gasteiger partial charge < -0.3 is 10.1 Å². The molecule has 0 saturated carbocycles.